The fourth-order valence-electron chi connectivity index (χ4n) is 2.84. The lowest BCUT2D eigenvalue weighted by Gasteiger charge is -2.37. The van der Waals surface area contributed by atoms with Gasteiger partial charge in [-0.25, -0.2) is 4.79 Å². The molecule has 0 radical (unpaired) electrons. The standard InChI is InChI=1S/C17H34N2O2S/c1-7-22-12-13(2)18-14(3)15-9-8-10-19(11-15)16(20)21-17(4,5)6/h13-15,18H,7-12H2,1-6H3. The van der Waals surface area contributed by atoms with Gasteiger partial charge in [-0.15, -0.1) is 0 Å². The van der Waals surface area contributed by atoms with Crippen molar-refractivity contribution in [3.05, 3.63) is 0 Å². The first-order valence-electron chi connectivity index (χ1n) is 8.54. The summed E-state index contributed by atoms with van der Waals surface area (Å²) in [5.74, 6) is 2.81. The molecule has 1 aliphatic rings. The maximum atomic E-state index is 12.2. The minimum absolute atomic E-state index is 0.168. The zero-order valence-electron chi connectivity index (χ0n) is 15.1. The van der Waals surface area contributed by atoms with E-state index in [0.29, 0.717) is 18.0 Å². The van der Waals surface area contributed by atoms with Crippen LogP contribution in [0.25, 0.3) is 0 Å². The van der Waals surface area contributed by atoms with Crippen molar-refractivity contribution in [1.82, 2.24) is 10.2 Å². The summed E-state index contributed by atoms with van der Waals surface area (Å²) >= 11 is 1.97. The second kappa shape index (κ2) is 9.02. The van der Waals surface area contributed by atoms with Crippen molar-refractivity contribution in [1.29, 1.82) is 0 Å². The predicted molar refractivity (Wildman–Crippen MR) is 95.6 cm³/mol. The summed E-state index contributed by atoms with van der Waals surface area (Å²) < 4.78 is 5.50. The van der Waals surface area contributed by atoms with E-state index < -0.39 is 5.60 Å². The molecule has 0 spiro atoms. The summed E-state index contributed by atoms with van der Waals surface area (Å²) in [4.78, 5) is 14.1. The molecule has 0 aromatic heterocycles. The number of hydrogen-bond donors (Lipinski definition) is 1. The Balaban J connectivity index is 2.46. The monoisotopic (exact) mass is 330 g/mol. The molecule has 0 aromatic rings. The summed E-state index contributed by atoms with van der Waals surface area (Å²) in [6.07, 6.45) is 2.08. The van der Waals surface area contributed by atoms with E-state index in [4.69, 9.17) is 4.74 Å². The zero-order chi connectivity index (χ0) is 16.8. The van der Waals surface area contributed by atoms with Gasteiger partial charge in [0.1, 0.15) is 5.60 Å². The maximum Gasteiger partial charge on any atom is 0.410 e. The molecule has 130 valence electrons. The first kappa shape index (κ1) is 19.6. The number of rotatable bonds is 6. The van der Waals surface area contributed by atoms with Gasteiger partial charge in [0.2, 0.25) is 0 Å². The van der Waals surface area contributed by atoms with Crippen LogP contribution in [-0.2, 0) is 4.74 Å². The van der Waals surface area contributed by atoms with Crippen molar-refractivity contribution < 1.29 is 9.53 Å². The molecule has 3 unspecified atom stereocenters. The summed E-state index contributed by atoms with van der Waals surface area (Å²) in [5, 5.41) is 3.69. The van der Waals surface area contributed by atoms with Crippen LogP contribution in [0.15, 0.2) is 0 Å². The van der Waals surface area contributed by atoms with E-state index in [0.717, 1.165) is 31.0 Å². The van der Waals surface area contributed by atoms with Gasteiger partial charge in [-0.1, -0.05) is 6.92 Å². The number of nitrogens with zero attached hydrogens (tertiary/aromatic N) is 1. The molecule has 5 heteroatoms. The molecule has 1 fully saturated rings. The third kappa shape index (κ3) is 7.23. The van der Waals surface area contributed by atoms with E-state index in [1.54, 1.807) is 0 Å². The van der Waals surface area contributed by atoms with Crippen LogP contribution >= 0.6 is 11.8 Å². The molecule has 4 nitrogen and oxygen atoms in total. The highest BCUT2D eigenvalue weighted by Gasteiger charge is 2.30. The Morgan fingerprint density at radius 2 is 2.09 bits per heavy atom. The van der Waals surface area contributed by atoms with Gasteiger partial charge in [-0.2, -0.15) is 11.8 Å². The van der Waals surface area contributed by atoms with Crippen molar-refractivity contribution in [2.75, 3.05) is 24.6 Å². The number of ether oxygens (including phenoxy) is 1. The Kier molecular flexibility index (Phi) is 8.04. The first-order valence-corrected chi connectivity index (χ1v) is 9.70. The highest BCUT2D eigenvalue weighted by molar-refractivity contribution is 7.99. The van der Waals surface area contributed by atoms with E-state index in [9.17, 15) is 4.79 Å². The quantitative estimate of drug-likeness (QED) is 0.805. The molecular formula is C17H34N2O2S. The molecule has 1 heterocycles. The highest BCUT2D eigenvalue weighted by atomic mass is 32.2. The van der Waals surface area contributed by atoms with E-state index >= 15 is 0 Å². The molecule has 1 rings (SSSR count). The van der Waals surface area contributed by atoms with Gasteiger partial charge in [-0.05, 0) is 59.1 Å². The lowest BCUT2D eigenvalue weighted by Crippen LogP contribution is -2.49. The Morgan fingerprint density at radius 1 is 1.41 bits per heavy atom. The van der Waals surface area contributed by atoms with Gasteiger partial charge < -0.3 is 15.0 Å². The molecule has 1 N–H and O–H groups in total. The molecular weight excluding hydrogens is 296 g/mol. The largest absolute Gasteiger partial charge is 0.444 e. The number of carbonyl (C=O) groups is 1. The minimum Gasteiger partial charge on any atom is -0.444 e. The number of nitrogens with one attached hydrogen (secondary N) is 1. The predicted octanol–water partition coefficient (Wildman–Crippen LogP) is 3.75. The molecule has 0 bridgehead atoms. The van der Waals surface area contributed by atoms with E-state index in [1.807, 2.05) is 37.4 Å². The molecule has 22 heavy (non-hydrogen) atoms. The highest BCUT2D eigenvalue weighted by Crippen LogP contribution is 2.22. The van der Waals surface area contributed by atoms with Gasteiger partial charge in [0, 0.05) is 30.9 Å². The van der Waals surface area contributed by atoms with E-state index in [2.05, 4.69) is 26.1 Å². The van der Waals surface area contributed by atoms with E-state index in [1.165, 1.54) is 6.42 Å². The number of piperidine rings is 1. The van der Waals surface area contributed by atoms with Gasteiger partial charge in [-0.3, -0.25) is 0 Å². The minimum atomic E-state index is -0.417. The van der Waals surface area contributed by atoms with Crippen molar-refractivity contribution >= 4 is 17.9 Å². The van der Waals surface area contributed by atoms with Gasteiger partial charge in [0.25, 0.3) is 0 Å². The van der Waals surface area contributed by atoms with Crippen molar-refractivity contribution in [3.8, 4) is 0 Å². The Labute approximate surface area is 140 Å². The fraction of sp³-hybridized carbons (Fsp3) is 0.941. The van der Waals surface area contributed by atoms with Crippen LogP contribution in [0, 0.1) is 5.92 Å². The van der Waals surface area contributed by atoms with Crippen molar-refractivity contribution in [3.63, 3.8) is 0 Å². The van der Waals surface area contributed by atoms with Crippen LogP contribution in [0.1, 0.15) is 54.4 Å². The van der Waals surface area contributed by atoms with E-state index in [-0.39, 0.29) is 6.09 Å². The number of amides is 1. The molecule has 1 aliphatic heterocycles. The van der Waals surface area contributed by atoms with Crippen LogP contribution in [0.2, 0.25) is 0 Å². The number of thioether (sulfide) groups is 1. The smallest absolute Gasteiger partial charge is 0.410 e. The molecule has 0 aliphatic carbocycles. The normalized spacial score (nSPS) is 22.3. The van der Waals surface area contributed by atoms with Gasteiger partial charge in [0.15, 0.2) is 0 Å². The Hall–Kier alpha value is -0.420. The van der Waals surface area contributed by atoms with Crippen molar-refractivity contribution in [2.24, 2.45) is 5.92 Å². The SMILES string of the molecule is CCSCC(C)NC(C)C1CCCN(C(=O)OC(C)(C)C)C1. The molecule has 0 saturated carbocycles. The summed E-state index contributed by atoms with van der Waals surface area (Å²) in [6, 6.07) is 0.939. The van der Waals surface area contributed by atoms with Gasteiger partial charge >= 0.3 is 6.09 Å². The maximum absolute atomic E-state index is 12.2. The summed E-state index contributed by atoms with van der Waals surface area (Å²) in [6.45, 7) is 14.1. The number of carbonyl (C=O) groups excluding carboxylic acids is 1. The molecule has 0 aromatic carbocycles. The average molecular weight is 331 g/mol. The molecule has 1 saturated heterocycles. The van der Waals surface area contributed by atoms with Crippen LogP contribution in [-0.4, -0.2) is 53.3 Å². The zero-order valence-corrected chi connectivity index (χ0v) is 16.0. The lowest BCUT2D eigenvalue weighted by atomic mass is 9.91. The van der Waals surface area contributed by atoms with Crippen LogP contribution in [0.5, 0.6) is 0 Å². The van der Waals surface area contributed by atoms with Gasteiger partial charge in [0.05, 0.1) is 0 Å². The Bertz CT molecular complexity index is 344. The lowest BCUT2D eigenvalue weighted by molar-refractivity contribution is 0.0147. The average Bonchev–Trinajstić information content (AvgIpc) is 2.43. The second-order valence-corrected chi connectivity index (χ2v) is 8.66. The summed E-state index contributed by atoms with van der Waals surface area (Å²) in [5.41, 5.74) is -0.417. The van der Waals surface area contributed by atoms with Crippen LogP contribution < -0.4 is 5.32 Å². The number of likely N-dealkylation sites (tertiary alicyclic amines) is 1. The summed E-state index contributed by atoms with van der Waals surface area (Å²) in [7, 11) is 0. The topological polar surface area (TPSA) is 41.6 Å². The van der Waals surface area contributed by atoms with Crippen LogP contribution in [0.3, 0.4) is 0 Å². The second-order valence-electron chi connectivity index (χ2n) is 7.34. The molecule has 1 amide bonds. The van der Waals surface area contributed by atoms with Crippen LogP contribution in [0.4, 0.5) is 4.79 Å². The fourth-order valence-corrected chi connectivity index (χ4v) is 3.52. The third-order valence-corrected chi connectivity index (χ3v) is 5.08. The van der Waals surface area contributed by atoms with Crippen molar-refractivity contribution in [2.45, 2.75) is 72.1 Å². The first-order chi connectivity index (χ1) is 10.2. The molecule has 3 atom stereocenters. The number of hydrogen-bond acceptors (Lipinski definition) is 4. The Morgan fingerprint density at radius 3 is 2.68 bits per heavy atom. The third-order valence-electron chi connectivity index (χ3n) is 3.94.